The van der Waals surface area contributed by atoms with Crippen molar-refractivity contribution in [3.05, 3.63) is 34.6 Å². The average Bonchev–Trinajstić information content (AvgIpc) is 2.53. The number of nitrogens with one attached hydrogen (secondary N) is 1. The molecule has 0 fully saturated rings. The summed E-state index contributed by atoms with van der Waals surface area (Å²) in [5, 5.41) is 4.18. The zero-order valence-electron chi connectivity index (χ0n) is 14.0. The van der Waals surface area contributed by atoms with Crippen LogP contribution in [0.3, 0.4) is 0 Å². The van der Waals surface area contributed by atoms with E-state index in [1.807, 2.05) is 45.9 Å². The Morgan fingerprint density at radius 3 is 2.65 bits per heavy atom. The molecule has 1 aromatic carbocycles. The zero-order chi connectivity index (χ0) is 17.0. The minimum absolute atomic E-state index is 0.0492. The maximum Gasteiger partial charge on any atom is 0.262 e. The van der Waals surface area contributed by atoms with Crippen molar-refractivity contribution >= 4 is 28.6 Å². The molecule has 0 saturated carbocycles. The molecule has 23 heavy (non-hydrogen) atoms. The molecule has 0 saturated heterocycles. The molecule has 5 nitrogen and oxygen atoms in total. The van der Waals surface area contributed by atoms with Crippen molar-refractivity contribution in [2.75, 3.05) is 5.75 Å². The number of fused-ring (bicyclic) bond motifs is 1. The maximum absolute atomic E-state index is 12.5. The van der Waals surface area contributed by atoms with Crippen LogP contribution < -0.4 is 10.9 Å². The Bertz CT molecular complexity index is 768. The van der Waals surface area contributed by atoms with Crippen molar-refractivity contribution in [3.63, 3.8) is 0 Å². The molecule has 0 aliphatic carbocycles. The molecule has 0 radical (unpaired) electrons. The van der Waals surface area contributed by atoms with E-state index in [1.165, 1.54) is 11.8 Å². The molecule has 2 aromatic rings. The number of aromatic nitrogens is 2. The largest absolute Gasteiger partial charge is 0.351 e. The highest BCUT2D eigenvalue weighted by Gasteiger charge is 2.18. The van der Waals surface area contributed by atoms with Gasteiger partial charge in [0.15, 0.2) is 5.16 Å². The number of hydrogen-bond acceptors (Lipinski definition) is 4. The summed E-state index contributed by atoms with van der Waals surface area (Å²) in [4.78, 5) is 29.1. The molecule has 2 rings (SSSR count). The molecule has 0 aliphatic heterocycles. The summed E-state index contributed by atoms with van der Waals surface area (Å²) in [6.07, 6.45) is 0.858. The van der Waals surface area contributed by atoms with Gasteiger partial charge in [0, 0.05) is 12.1 Å². The van der Waals surface area contributed by atoms with Crippen LogP contribution in [0.25, 0.3) is 10.9 Å². The Balaban J connectivity index is 2.23. The number of benzene rings is 1. The van der Waals surface area contributed by atoms with E-state index in [1.54, 1.807) is 10.6 Å². The molecule has 1 aromatic heterocycles. The first-order valence-electron chi connectivity index (χ1n) is 7.81. The molecule has 1 heterocycles. The number of amides is 1. The first-order valence-corrected chi connectivity index (χ1v) is 8.80. The van der Waals surface area contributed by atoms with Crippen LogP contribution in [-0.2, 0) is 11.3 Å². The van der Waals surface area contributed by atoms with Gasteiger partial charge in [-0.05, 0) is 39.3 Å². The molecule has 124 valence electrons. The van der Waals surface area contributed by atoms with Gasteiger partial charge in [0.1, 0.15) is 0 Å². The lowest BCUT2D eigenvalue weighted by Gasteiger charge is -2.24. The van der Waals surface area contributed by atoms with E-state index < -0.39 is 0 Å². The molecule has 0 atom stereocenters. The number of thioether (sulfide) groups is 1. The van der Waals surface area contributed by atoms with Crippen LogP contribution in [0.4, 0.5) is 0 Å². The number of carbonyl (C=O) groups is 1. The molecule has 0 spiro atoms. The topological polar surface area (TPSA) is 64.0 Å². The first-order chi connectivity index (χ1) is 10.9. The zero-order valence-corrected chi connectivity index (χ0v) is 14.9. The van der Waals surface area contributed by atoms with Crippen LogP contribution in [0.1, 0.15) is 34.1 Å². The molecular weight excluding hydrogens is 310 g/mol. The minimum atomic E-state index is -0.223. The van der Waals surface area contributed by atoms with Crippen LogP contribution in [-0.4, -0.2) is 26.8 Å². The number of hydrogen-bond donors (Lipinski definition) is 1. The van der Waals surface area contributed by atoms with Crippen molar-refractivity contribution in [2.45, 2.75) is 51.4 Å². The Kier molecular flexibility index (Phi) is 5.46. The second-order valence-electron chi connectivity index (χ2n) is 6.04. The van der Waals surface area contributed by atoms with Gasteiger partial charge in [-0.2, -0.15) is 0 Å². The maximum atomic E-state index is 12.5. The number of carbonyl (C=O) groups excluding carboxylic acids is 1. The third kappa shape index (κ3) is 4.13. The van der Waals surface area contributed by atoms with E-state index in [4.69, 9.17) is 0 Å². The first kappa shape index (κ1) is 17.5. The smallest absolute Gasteiger partial charge is 0.262 e. The normalized spacial score (nSPS) is 11.7. The summed E-state index contributed by atoms with van der Waals surface area (Å²) in [6.45, 7) is 8.45. The molecule has 0 bridgehead atoms. The van der Waals surface area contributed by atoms with Gasteiger partial charge in [-0.15, -0.1) is 0 Å². The van der Waals surface area contributed by atoms with Crippen molar-refractivity contribution in [3.8, 4) is 0 Å². The van der Waals surface area contributed by atoms with E-state index in [0.29, 0.717) is 22.6 Å². The second kappa shape index (κ2) is 7.17. The van der Waals surface area contributed by atoms with E-state index in [0.717, 1.165) is 6.42 Å². The Labute approximate surface area is 140 Å². The van der Waals surface area contributed by atoms with Crippen LogP contribution in [0, 0.1) is 0 Å². The lowest BCUT2D eigenvalue weighted by Crippen LogP contribution is -2.43. The number of nitrogens with zero attached hydrogens (tertiary/aromatic N) is 2. The van der Waals surface area contributed by atoms with Crippen molar-refractivity contribution in [2.24, 2.45) is 0 Å². The van der Waals surface area contributed by atoms with Gasteiger partial charge in [0.2, 0.25) is 5.91 Å². The van der Waals surface area contributed by atoms with Crippen molar-refractivity contribution < 1.29 is 4.79 Å². The second-order valence-corrected chi connectivity index (χ2v) is 6.98. The summed E-state index contributed by atoms with van der Waals surface area (Å²) >= 11 is 1.30. The number of para-hydroxylation sites is 1. The highest BCUT2D eigenvalue weighted by Crippen LogP contribution is 2.18. The van der Waals surface area contributed by atoms with Gasteiger partial charge in [0.05, 0.1) is 16.7 Å². The lowest BCUT2D eigenvalue weighted by molar-refractivity contribution is -0.120. The van der Waals surface area contributed by atoms with Gasteiger partial charge in [-0.25, -0.2) is 4.98 Å². The minimum Gasteiger partial charge on any atom is -0.351 e. The predicted molar refractivity (Wildman–Crippen MR) is 94.9 cm³/mol. The third-order valence-electron chi connectivity index (χ3n) is 3.84. The van der Waals surface area contributed by atoms with Gasteiger partial charge >= 0.3 is 0 Å². The average molecular weight is 333 g/mol. The Morgan fingerprint density at radius 2 is 2.00 bits per heavy atom. The highest BCUT2D eigenvalue weighted by atomic mass is 32.2. The fraction of sp³-hybridized carbons (Fsp3) is 0.471. The van der Waals surface area contributed by atoms with E-state index in [2.05, 4.69) is 10.3 Å². The summed E-state index contributed by atoms with van der Waals surface area (Å²) in [7, 11) is 0. The third-order valence-corrected chi connectivity index (χ3v) is 4.81. The number of rotatable bonds is 6. The van der Waals surface area contributed by atoms with Gasteiger partial charge in [0.25, 0.3) is 5.56 Å². The fourth-order valence-electron chi connectivity index (χ4n) is 2.17. The van der Waals surface area contributed by atoms with E-state index >= 15 is 0 Å². The van der Waals surface area contributed by atoms with Crippen LogP contribution in [0.15, 0.2) is 34.2 Å². The summed E-state index contributed by atoms with van der Waals surface area (Å²) in [5.41, 5.74) is 0.382. The van der Waals surface area contributed by atoms with Crippen LogP contribution in [0.2, 0.25) is 0 Å². The van der Waals surface area contributed by atoms with Gasteiger partial charge in [-0.1, -0.05) is 30.8 Å². The quantitative estimate of drug-likeness (QED) is 0.652. The summed E-state index contributed by atoms with van der Waals surface area (Å²) in [5.74, 6) is 0.195. The van der Waals surface area contributed by atoms with Crippen molar-refractivity contribution in [1.29, 1.82) is 0 Å². The summed E-state index contributed by atoms with van der Waals surface area (Å²) < 4.78 is 1.62. The molecule has 0 aliphatic rings. The molecule has 6 heteroatoms. The standard InChI is InChI=1S/C17H23N3O2S/c1-5-17(3,4)19-14(21)11-23-16-18-13-10-8-7-9-12(13)15(22)20(16)6-2/h7-10H,5-6,11H2,1-4H3,(H,19,21). The van der Waals surface area contributed by atoms with Crippen LogP contribution in [0.5, 0.6) is 0 Å². The highest BCUT2D eigenvalue weighted by molar-refractivity contribution is 7.99. The Hall–Kier alpha value is -1.82. The lowest BCUT2D eigenvalue weighted by atomic mass is 10.0. The summed E-state index contributed by atoms with van der Waals surface area (Å²) in [6, 6.07) is 7.29. The fourth-order valence-corrected chi connectivity index (χ4v) is 3.03. The predicted octanol–water partition coefficient (Wildman–Crippen LogP) is 2.81. The van der Waals surface area contributed by atoms with Gasteiger partial charge < -0.3 is 5.32 Å². The van der Waals surface area contributed by atoms with E-state index in [9.17, 15) is 9.59 Å². The van der Waals surface area contributed by atoms with Crippen LogP contribution >= 0.6 is 11.8 Å². The van der Waals surface area contributed by atoms with E-state index in [-0.39, 0.29) is 22.8 Å². The molecule has 1 amide bonds. The molecule has 0 unspecified atom stereocenters. The van der Waals surface area contributed by atoms with Gasteiger partial charge in [-0.3, -0.25) is 14.2 Å². The monoisotopic (exact) mass is 333 g/mol. The Morgan fingerprint density at radius 1 is 1.30 bits per heavy atom. The molecular formula is C17H23N3O2S. The SMILES string of the molecule is CCn1c(SCC(=O)NC(C)(C)CC)nc2ccccc2c1=O. The molecule has 1 N–H and O–H groups in total. The van der Waals surface area contributed by atoms with Crippen molar-refractivity contribution in [1.82, 2.24) is 14.9 Å².